The van der Waals surface area contributed by atoms with Crippen molar-refractivity contribution >= 4 is 22.5 Å². The van der Waals surface area contributed by atoms with Crippen molar-refractivity contribution in [2.24, 2.45) is 0 Å². The number of benzene rings is 4. The average molecular weight is 609 g/mol. The van der Waals surface area contributed by atoms with Gasteiger partial charge in [0.2, 0.25) is 0 Å². The van der Waals surface area contributed by atoms with Crippen LogP contribution >= 0.6 is 17.0 Å². The average Bonchev–Trinajstić information content (AvgIpc) is 3.42. The van der Waals surface area contributed by atoms with Gasteiger partial charge < -0.3 is 0 Å². The maximum absolute atomic E-state index is 9.67. The van der Waals surface area contributed by atoms with Crippen LogP contribution in [-0.4, -0.2) is 17.1 Å². The SMILES string of the molecule is C[Si](C)=[Zr]([Cl])([Cl])([CH]1c2ccccc2-c2ccccc21)[CH]1c2ccccc2-c2cccc(CCCO)c21. The molecule has 4 aromatic carbocycles. The summed E-state index contributed by atoms with van der Waals surface area (Å²) in [7, 11) is 16.9. The van der Waals surface area contributed by atoms with E-state index in [1.54, 1.807) is 0 Å². The number of aryl methyl sites for hydroxylation is 1. The Morgan fingerprint density at radius 3 is 1.67 bits per heavy atom. The van der Waals surface area contributed by atoms with E-state index in [1.165, 1.54) is 50.1 Å². The summed E-state index contributed by atoms with van der Waals surface area (Å²) in [6, 6.07) is 32.9. The summed E-state index contributed by atoms with van der Waals surface area (Å²) in [5.41, 5.74) is 10.5. The molecule has 0 aromatic heterocycles. The molecule has 0 aliphatic heterocycles. The van der Waals surface area contributed by atoms with Gasteiger partial charge in [-0.05, 0) is 0 Å². The van der Waals surface area contributed by atoms with E-state index < -0.39 is 20.4 Å². The molecule has 5 heteroatoms. The first-order chi connectivity index (χ1) is 17.4. The quantitative estimate of drug-likeness (QED) is 0.225. The summed E-state index contributed by atoms with van der Waals surface area (Å²) in [4.78, 5) is 0. The number of halogens is 2. The van der Waals surface area contributed by atoms with Crippen LogP contribution in [0.5, 0.6) is 0 Å². The van der Waals surface area contributed by atoms with E-state index in [4.69, 9.17) is 17.0 Å². The summed E-state index contributed by atoms with van der Waals surface area (Å²) < 4.78 is 0.0601. The molecule has 1 atom stereocenters. The summed E-state index contributed by atoms with van der Waals surface area (Å²) in [5, 5.41) is 9.67. The van der Waals surface area contributed by atoms with Gasteiger partial charge in [0, 0.05) is 0 Å². The zero-order valence-corrected chi connectivity index (χ0v) is 25.6. The first kappa shape index (κ1) is 24.8. The third-order valence-corrected chi connectivity index (χ3v) is 54.7. The van der Waals surface area contributed by atoms with Crippen LogP contribution in [0, 0.1) is 0 Å². The van der Waals surface area contributed by atoms with Crippen molar-refractivity contribution in [2.75, 3.05) is 6.61 Å². The van der Waals surface area contributed by atoms with Crippen LogP contribution in [-0.2, 0) is 21.4 Å². The molecule has 2 aliphatic carbocycles. The second-order valence-corrected chi connectivity index (χ2v) is 49.3. The number of fused-ring (bicyclic) bond motifs is 6. The van der Waals surface area contributed by atoms with E-state index in [0.717, 1.165) is 12.8 Å². The number of hydrogen-bond acceptors (Lipinski definition) is 1. The fourth-order valence-corrected chi connectivity index (χ4v) is 34.6. The normalized spacial score (nSPS) is 16.3. The van der Waals surface area contributed by atoms with Gasteiger partial charge >= 0.3 is 223 Å². The van der Waals surface area contributed by atoms with Crippen LogP contribution in [0.4, 0.5) is 0 Å². The van der Waals surface area contributed by atoms with Gasteiger partial charge in [-0.2, -0.15) is 0 Å². The summed E-state index contributed by atoms with van der Waals surface area (Å²) in [6.45, 7) is 4.89. The molecular formula is C31H30Cl2OSiZr. The molecule has 0 saturated heterocycles. The van der Waals surface area contributed by atoms with Crippen molar-refractivity contribution < 1.29 is 20.1 Å². The predicted octanol–water partition coefficient (Wildman–Crippen LogP) is 8.70. The molecule has 0 saturated carbocycles. The molecule has 6 rings (SSSR count). The Balaban J connectivity index is 1.72. The second-order valence-electron chi connectivity index (χ2n) is 10.5. The monoisotopic (exact) mass is 606 g/mol. The summed E-state index contributed by atoms with van der Waals surface area (Å²) in [5.74, 6) is 0. The van der Waals surface area contributed by atoms with E-state index in [0.29, 0.717) is 0 Å². The number of aliphatic hydroxyl groups is 1. The third kappa shape index (κ3) is 3.40. The number of rotatable bonds is 5. The van der Waals surface area contributed by atoms with E-state index >= 15 is 0 Å². The number of aliphatic hydroxyl groups excluding tert-OH is 1. The second kappa shape index (κ2) is 9.07. The van der Waals surface area contributed by atoms with Crippen LogP contribution in [0.2, 0.25) is 13.1 Å². The molecule has 0 spiro atoms. The molecule has 0 radical (unpaired) electrons. The van der Waals surface area contributed by atoms with Crippen LogP contribution in [0.1, 0.15) is 41.5 Å². The first-order valence-corrected chi connectivity index (χ1v) is 28.1. The molecule has 1 N–H and O–H groups in total. The van der Waals surface area contributed by atoms with Crippen molar-refractivity contribution in [1.29, 1.82) is 0 Å². The van der Waals surface area contributed by atoms with Crippen LogP contribution < -0.4 is 0 Å². The Hall–Kier alpha value is -1.48. The Labute approximate surface area is 221 Å². The molecule has 0 bridgehead atoms. The first-order valence-electron chi connectivity index (χ1n) is 12.8. The van der Waals surface area contributed by atoms with Gasteiger partial charge in [0.15, 0.2) is 0 Å². The van der Waals surface area contributed by atoms with Gasteiger partial charge in [-0.25, -0.2) is 0 Å². The van der Waals surface area contributed by atoms with Gasteiger partial charge in [-0.15, -0.1) is 0 Å². The van der Waals surface area contributed by atoms with E-state index in [2.05, 4.69) is 104 Å². The Kier molecular flexibility index (Phi) is 6.26. The Bertz CT molecular complexity index is 1540. The maximum atomic E-state index is 9.67. The van der Waals surface area contributed by atoms with Gasteiger partial charge in [0.05, 0.1) is 0 Å². The Morgan fingerprint density at radius 2 is 1.14 bits per heavy atom. The molecule has 2 aliphatic rings. The molecule has 36 heavy (non-hydrogen) atoms. The molecule has 1 unspecified atom stereocenters. The topological polar surface area (TPSA) is 20.2 Å². The molecule has 182 valence electrons. The van der Waals surface area contributed by atoms with Gasteiger partial charge in [-0.3, -0.25) is 0 Å². The minimum absolute atomic E-state index is 0.0176. The van der Waals surface area contributed by atoms with Gasteiger partial charge in [-0.1, -0.05) is 0 Å². The zero-order valence-electron chi connectivity index (χ0n) is 20.6. The van der Waals surface area contributed by atoms with Crippen LogP contribution in [0.15, 0.2) is 91.0 Å². The predicted molar refractivity (Wildman–Crippen MR) is 152 cm³/mol. The minimum atomic E-state index is -4.83. The molecule has 1 nitrogen and oxygen atoms in total. The summed E-state index contributed by atoms with van der Waals surface area (Å²) >= 11 is -4.83. The fourth-order valence-electron chi connectivity index (χ4n) is 6.85. The standard InChI is InChI=1S/C16H15O.C13H9.C2H6Si.2ClH.Zr/c17-10-4-7-12-6-3-9-15-14-8-2-1-5-13(14)11-16(12)15;1-3-7-12-10(5-1)9-11-6-2-4-8-13(11)12;1-3-2;;;/h1-3,5-6,8-9,11,17H,4,7,10H2;1-9H;1-2H3;2*1H;/q;;;;;+2/p-2. The van der Waals surface area contributed by atoms with Crippen molar-refractivity contribution in [1.82, 2.24) is 0 Å². The van der Waals surface area contributed by atoms with Gasteiger partial charge in [0.1, 0.15) is 0 Å². The molecule has 4 aromatic rings. The van der Waals surface area contributed by atoms with Gasteiger partial charge in [0.25, 0.3) is 0 Å². The van der Waals surface area contributed by atoms with Crippen molar-refractivity contribution in [2.45, 2.75) is 33.2 Å². The fraction of sp³-hybridized carbons (Fsp3) is 0.226. The van der Waals surface area contributed by atoms with Crippen LogP contribution in [0.25, 0.3) is 22.3 Å². The molecular weight excluding hydrogens is 579 g/mol. The van der Waals surface area contributed by atoms with E-state index in [9.17, 15) is 5.11 Å². The molecule has 0 amide bonds. The van der Waals surface area contributed by atoms with Crippen molar-refractivity contribution in [3.05, 3.63) is 119 Å². The molecule has 0 fully saturated rings. The third-order valence-electron chi connectivity index (χ3n) is 8.50. The summed E-state index contributed by atoms with van der Waals surface area (Å²) in [6.07, 6.45) is 1.57. The van der Waals surface area contributed by atoms with E-state index in [1.807, 2.05) is 0 Å². The van der Waals surface area contributed by atoms with Crippen molar-refractivity contribution in [3.63, 3.8) is 0 Å². The van der Waals surface area contributed by atoms with E-state index in [-0.39, 0.29) is 13.9 Å². The van der Waals surface area contributed by atoms with Crippen molar-refractivity contribution in [3.8, 4) is 22.3 Å². The Morgan fingerprint density at radius 1 is 0.667 bits per heavy atom. The number of hydrogen-bond donors (Lipinski definition) is 1. The molecule has 0 heterocycles. The van der Waals surface area contributed by atoms with Crippen LogP contribution in [0.3, 0.4) is 0 Å². The zero-order chi connectivity index (χ0) is 25.1.